The van der Waals surface area contributed by atoms with Crippen LogP contribution in [0.1, 0.15) is 11.1 Å². The normalized spacial score (nSPS) is 12.1. The predicted octanol–water partition coefficient (Wildman–Crippen LogP) is 2.46. The van der Waals surface area contributed by atoms with Crippen LogP contribution in [0.4, 0.5) is 0 Å². The van der Waals surface area contributed by atoms with Crippen molar-refractivity contribution < 1.29 is 18.7 Å². The third-order valence-electron chi connectivity index (χ3n) is 1.96. The maximum Gasteiger partial charge on any atom is 0.316 e. The summed E-state index contributed by atoms with van der Waals surface area (Å²) < 4.78 is 20.4. The lowest BCUT2D eigenvalue weighted by molar-refractivity contribution is 0.272. The van der Waals surface area contributed by atoms with Crippen molar-refractivity contribution in [3.63, 3.8) is 0 Å². The van der Waals surface area contributed by atoms with Gasteiger partial charge >= 0.3 is 8.25 Å². The minimum Gasteiger partial charge on any atom is -0.489 e. The minimum atomic E-state index is -2.86. The summed E-state index contributed by atoms with van der Waals surface area (Å²) in [5.74, 6) is 0.778. The van der Waals surface area contributed by atoms with E-state index in [-0.39, 0.29) is 6.61 Å². The highest BCUT2D eigenvalue weighted by atomic mass is 31.1. The van der Waals surface area contributed by atoms with Gasteiger partial charge in [-0.05, 0) is 24.1 Å². The van der Waals surface area contributed by atoms with Gasteiger partial charge in [-0.1, -0.05) is 24.8 Å². The maximum absolute atomic E-state index is 10.4. The number of aryl methyl sites for hydroxylation is 1. The molecule has 1 atom stereocenters. The van der Waals surface area contributed by atoms with E-state index in [1.54, 1.807) is 12.1 Å². The van der Waals surface area contributed by atoms with Crippen molar-refractivity contribution in [1.82, 2.24) is 0 Å². The number of rotatable bonds is 6. The van der Waals surface area contributed by atoms with Crippen LogP contribution in [0.15, 0.2) is 30.9 Å². The van der Waals surface area contributed by atoms with Gasteiger partial charge in [0, 0.05) is 0 Å². The molecule has 0 saturated heterocycles. The van der Waals surface area contributed by atoms with Gasteiger partial charge < -0.3 is 14.2 Å². The molecule has 0 bridgehead atoms. The van der Waals surface area contributed by atoms with Crippen molar-refractivity contribution in [3.8, 4) is 5.75 Å². The fourth-order valence-electron chi connectivity index (χ4n) is 1.26. The van der Waals surface area contributed by atoms with E-state index in [4.69, 9.17) is 9.63 Å². The van der Waals surface area contributed by atoms with E-state index in [1.807, 2.05) is 19.1 Å². The first kappa shape index (κ1) is 13.0. The van der Waals surface area contributed by atoms with Crippen LogP contribution < -0.4 is 4.74 Å². The molecule has 0 heterocycles. The molecule has 4 nitrogen and oxygen atoms in total. The Morgan fingerprint density at radius 3 is 2.88 bits per heavy atom. The Labute approximate surface area is 95.5 Å². The van der Waals surface area contributed by atoms with Crippen LogP contribution >= 0.6 is 8.25 Å². The first-order chi connectivity index (χ1) is 7.63. The molecule has 1 unspecified atom stereocenters. The lowest BCUT2D eigenvalue weighted by Gasteiger charge is -2.08. The van der Waals surface area contributed by atoms with Crippen LogP contribution in [-0.4, -0.2) is 11.5 Å². The Kier molecular flexibility index (Phi) is 5.26. The van der Waals surface area contributed by atoms with Gasteiger partial charge in [0.05, 0.1) is 6.61 Å². The van der Waals surface area contributed by atoms with Gasteiger partial charge in [0.15, 0.2) is 0 Å². The number of hydrogen-bond donors (Lipinski definition) is 1. The SMILES string of the molecule is C=CCOc1ccc(CO[PH](=O)O)cc1C. The fraction of sp³-hybridized carbons (Fsp3) is 0.273. The van der Waals surface area contributed by atoms with Crippen molar-refractivity contribution in [2.45, 2.75) is 13.5 Å². The first-order valence-electron chi connectivity index (χ1n) is 4.82. The second-order valence-corrected chi connectivity index (χ2v) is 4.07. The minimum absolute atomic E-state index is 0.136. The second-order valence-electron chi connectivity index (χ2n) is 3.25. The molecule has 0 radical (unpaired) electrons. The van der Waals surface area contributed by atoms with Gasteiger partial charge in [-0.25, -0.2) is 0 Å². The van der Waals surface area contributed by atoms with Gasteiger partial charge in [0.2, 0.25) is 0 Å². The standard InChI is InChI=1S/C11H15O4P/c1-3-6-14-11-5-4-10(7-9(11)2)8-15-16(12)13/h3-5,7,16H,1,6,8H2,2H3,(H,12,13). The first-order valence-corrected chi connectivity index (χ1v) is 6.09. The topological polar surface area (TPSA) is 55.8 Å². The van der Waals surface area contributed by atoms with E-state index in [9.17, 15) is 4.57 Å². The lowest BCUT2D eigenvalue weighted by Crippen LogP contribution is -1.96. The second kappa shape index (κ2) is 6.48. The average Bonchev–Trinajstić information content (AvgIpc) is 2.25. The molecule has 0 amide bonds. The Balaban J connectivity index is 2.66. The molecular weight excluding hydrogens is 227 g/mol. The van der Waals surface area contributed by atoms with Crippen molar-refractivity contribution in [2.75, 3.05) is 6.61 Å². The van der Waals surface area contributed by atoms with Crippen molar-refractivity contribution in [2.24, 2.45) is 0 Å². The van der Waals surface area contributed by atoms with Crippen molar-refractivity contribution in [1.29, 1.82) is 0 Å². The van der Waals surface area contributed by atoms with E-state index in [1.165, 1.54) is 0 Å². The third-order valence-corrected chi connectivity index (χ3v) is 2.35. The summed E-state index contributed by atoms with van der Waals surface area (Å²) in [4.78, 5) is 8.54. The van der Waals surface area contributed by atoms with Crippen molar-refractivity contribution >= 4 is 8.25 Å². The van der Waals surface area contributed by atoms with Gasteiger partial charge in [0.1, 0.15) is 12.4 Å². The molecular formula is C11H15O4P. The van der Waals surface area contributed by atoms with Crippen LogP contribution in [0.3, 0.4) is 0 Å². The molecule has 1 rings (SSSR count). The smallest absolute Gasteiger partial charge is 0.316 e. The highest BCUT2D eigenvalue weighted by Gasteiger charge is 2.02. The zero-order chi connectivity index (χ0) is 12.0. The zero-order valence-corrected chi connectivity index (χ0v) is 10.1. The van der Waals surface area contributed by atoms with E-state index in [2.05, 4.69) is 11.1 Å². The van der Waals surface area contributed by atoms with Crippen LogP contribution in [0.25, 0.3) is 0 Å². The molecule has 16 heavy (non-hydrogen) atoms. The highest BCUT2D eigenvalue weighted by Crippen LogP contribution is 2.22. The van der Waals surface area contributed by atoms with E-state index in [0.29, 0.717) is 6.61 Å². The summed E-state index contributed by atoms with van der Waals surface area (Å²) in [7, 11) is -2.86. The molecule has 0 aliphatic rings. The van der Waals surface area contributed by atoms with Gasteiger partial charge in [-0.3, -0.25) is 4.57 Å². The van der Waals surface area contributed by atoms with Gasteiger partial charge in [-0.2, -0.15) is 0 Å². The van der Waals surface area contributed by atoms with Gasteiger partial charge in [-0.15, -0.1) is 0 Å². The number of ether oxygens (including phenoxy) is 1. The average molecular weight is 242 g/mol. The molecule has 0 fully saturated rings. The Bertz CT molecular complexity index is 390. The Hall–Kier alpha value is -1.09. The summed E-state index contributed by atoms with van der Waals surface area (Å²) in [6.45, 7) is 6.07. The van der Waals surface area contributed by atoms with Crippen LogP contribution in [0, 0.1) is 6.92 Å². The number of hydrogen-bond acceptors (Lipinski definition) is 3. The van der Waals surface area contributed by atoms with Gasteiger partial charge in [0.25, 0.3) is 0 Å². The van der Waals surface area contributed by atoms with Crippen LogP contribution in [0.5, 0.6) is 5.75 Å². The Morgan fingerprint density at radius 2 is 2.31 bits per heavy atom. The molecule has 5 heteroatoms. The molecule has 0 aliphatic heterocycles. The maximum atomic E-state index is 10.4. The fourth-order valence-corrected chi connectivity index (χ4v) is 1.55. The van der Waals surface area contributed by atoms with Crippen molar-refractivity contribution in [3.05, 3.63) is 42.0 Å². The summed E-state index contributed by atoms with van der Waals surface area (Å²) in [6.07, 6.45) is 1.67. The molecule has 0 saturated carbocycles. The molecule has 1 N–H and O–H groups in total. The third kappa shape index (κ3) is 4.19. The number of benzene rings is 1. The summed E-state index contributed by atoms with van der Waals surface area (Å²) in [5, 5.41) is 0. The lowest BCUT2D eigenvalue weighted by atomic mass is 10.1. The molecule has 1 aromatic carbocycles. The molecule has 1 aromatic rings. The summed E-state index contributed by atoms with van der Waals surface area (Å²) in [5.41, 5.74) is 1.80. The van der Waals surface area contributed by atoms with Crippen LogP contribution in [0.2, 0.25) is 0 Å². The molecule has 0 aromatic heterocycles. The van der Waals surface area contributed by atoms with Crippen LogP contribution in [-0.2, 0) is 15.7 Å². The van der Waals surface area contributed by atoms with E-state index in [0.717, 1.165) is 16.9 Å². The monoisotopic (exact) mass is 242 g/mol. The quantitative estimate of drug-likeness (QED) is 0.615. The Morgan fingerprint density at radius 1 is 1.56 bits per heavy atom. The molecule has 0 aliphatic carbocycles. The summed E-state index contributed by atoms with van der Waals surface area (Å²) in [6, 6.07) is 5.48. The largest absolute Gasteiger partial charge is 0.489 e. The van der Waals surface area contributed by atoms with E-state index >= 15 is 0 Å². The zero-order valence-electron chi connectivity index (χ0n) is 9.10. The highest BCUT2D eigenvalue weighted by molar-refractivity contribution is 7.32. The van der Waals surface area contributed by atoms with E-state index < -0.39 is 8.25 Å². The molecule has 88 valence electrons. The summed E-state index contributed by atoms with van der Waals surface area (Å²) >= 11 is 0. The predicted molar refractivity (Wildman–Crippen MR) is 62.9 cm³/mol. The molecule has 0 spiro atoms.